The van der Waals surface area contributed by atoms with Crippen LogP contribution in [0.5, 0.6) is 0 Å². The molecule has 13 heavy (non-hydrogen) atoms. The summed E-state index contributed by atoms with van der Waals surface area (Å²) in [6.07, 6.45) is 1.01. The van der Waals surface area contributed by atoms with E-state index in [4.69, 9.17) is 5.26 Å². The third-order valence-corrected chi connectivity index (χ3v) is 4.70. The highest BCUT2D eigenvalue weighted by molar-refractivity contribution is 7.91. The van der Waals surface area contributed by atoms with Crippen LogP contribution in [0, 0.1) is 22.7 Å². The van der Waals surface area contributed by atoms with Crippen molar-refractivity contribution in [3.8, 4) is 6.07 Å². The maximum absolute atomic E-state index is 11.2. The Bertz CT molecular complexity index is 310. The largest absolute Gasteiger partial charge is 0.229 e. The van der Waals surface area contributed by atoms with E-state index in [1.54, 1.807) is 0 Å². The van der Waals surface area contributed by atoms with Crippen molar-refractivity contribution in [3.05, 3.63) is 0 Å². The third kappa shape index (κ3) is 2.02. The minimum Gasteiger partial charge on any atom is -0.229 e. The number of sulfone groups is 1. The highest BCUT2D eigenvalue weighted by Gasteiger charge is 2.39. The first-order chi connectivity index (χ1) is 5.92. The molecule has 3 nitrogen and oxygen atoms in total. The van der Waals surface area contributed by atoms with Crippen LogP contribution in [0.4, 0.5) is 0 Å². The molecule has 0 bridgehead atoms. The van der Waals surface area contributed by atoms with Gasteiger partial charge in [-0.15, -0.1) is 0 Å². The molecule has 74 valence electrons. The van der Waals surface area contributed by atoms with E-state index in [1.165, 1.54) is 0 Å². The summed E-state index contributed by atoms with van der Waals surface area (Å²) in [6, 6.07) is 2.29. The van der Waals surface area contributed by atoms with Crippen LogP contribution in [0.1, 0.15) is 26.7 Å². The molecule has 0 radical (unpaired) electrons. The van der Waals surface area contributed by atoms with Crippen LogP contribution in [-0.4, -0.2) is 19.9 Å². The number of hydrogen-bond donors (Lipinski definition) is 0. The molecular formula is C9H15NO2S. The van der Waals surface area contributed by atoms with Crippen LogP contribution in [0.25, 0.3) is 0 Å². The Labute approximate surface area is 79.7 Å². The van der Waals surface area contributed by atoms with Crippen LogP contribution in [0.3, 0.4) is 0 Å². The van der Waals surface area contributed by atoms with Gasteiger partial charge < -0.3 is 0 Å². The first kappa shape index (κ1) is 10.5. The van der Waals surface area contributed by atoms with Crippen molar-refractivity contribution in [1.82, 2.24) is 0 Å². The second kappa shape index (κ2) is 3.30. The normalized spacial score (nSPS) is 25.4. The van der Waals surface area contributed by atoms with Gasteiger partial charge in [-0.1, -0.05) is 13.8 Å². The van der Waals surface area contributed by atoms with Crippen LogP contribution >= 0.6 is 0 Å². The molecule has 0 aromatic carbocycles. The van der Waals surface area contributed by atoms with Crippen LogP contribution in [0.2, 0.25) is 0 Å². The van der Waals surface area contributed by atoms with Gasteiger partial charge in [-0.3, -0.25) is 0 Å². The van der Waals surface area contributed by atoms with E-state index < -0.39 is 15.3 Å². The SMILES string of the molecule is CC(C)C1(C#N)CCS(=O)(=O)CC1. The molecule has 0 amide bonds. The van der Waals surface area contributed by atoms with Gasteiger partial charge in [0, 0.05) is 0 Å². The van der Waals surface area contributed by atoms with Crippen molar-refractivity contribution in [3.63, 3.8) is 0 Å². The smallest absolute Gasteiger partial charge is 0.150 e. The second-order valence-electron chi connectivity index (χ2n) is 4.07. The molecule has 1 heterocycles. The van der Waals surface area contributed by atoms with Gasteiger partial charge in [0.25, 0.3) is 0 Å². The summed E-state index contributed by atoms with van der Waals surface area (Å²) in [5, 5.41) is 9.04. The van der Waals surface area contributed by atoms with Crippen LogP contribution < -0.4 is 0 Å². The Balaban J connectivity index is 2.82. The number of rotatable bonds is 1. The number of hydrogen-bond acceptors (Lipinski definition) is 3. The molecule has 4 heteroatoms. The Morgan fingerprint density at radius 1 is 1.31 bits per heavy atom. The molecule has 0 N–H and O–H groups in total. The Hall–Kier alpha value is -0.560. The van der Waals surface area contributed by atoms with E-state index >= 15 is 0 Å². The molecule has 0 saturated carbocycles. The quantitative estimate of drug-likeness (QED) is 0.643. The van der Waals surface area contributed by atoms with Gasteiger partial charge in [0.1, 0.15) is 9.84 Å². The van der Waals surface area contributed by atoms with E-state index in [1.807, 2.05) is 13.8 Å². The molecule has 0 unspecified atom stereocenters. The highest BCUT2D eigenvalue weighted by Crippen LogP contribution is 2.38. The van der Waals surface area contributed by atoms with Crippen LogP contribution in [0.15, 0.2) is 0 Å². The van der Waals surface area contributed by atoms with Crippen LogP contribution in [-0.2, 0) is 9.84 Å². The van der Waals surface area contributed by atoms with Crippen molar-refractivity contribution in [1.29, 1.82) is 5.26 Å². The average Bonchev–Trinajstić information content (AvgIpc) is 2.05. The summed E-state index contributed by atoms with van der Waals surface area (Å²) in [4.78, 5) is 0. The van der Waals surface area contributed by atoms with E-state index in [9.17, 15) is 8.42 Å². The second-order valence-corrected chi connectivity index (χ2v) is 6.38. The summed E-state index contributed by atoms with van der Waals surface area (Å²) in [5.74, 6) is 0.602. The van der Waals surface area contributed by atoms with E-state index in [2.05, 4.69) is 6.07 Å². The summed E-state index contributed by atoms with van der Waals surface area (Å²) in [6.45, 7) is 3.97. The summed E-state index contributed by atoms with van der Waals surface area (Å²) in [5.41, 5.74) is -0.397. The number of nitrogens with zero attached hydrogens (tertiary/aromatic N) is 1. The molecule has 1 rings (SSSR count). The fourth-order valence-corrected chi connectivity index (χ4v) is 3.28. The number of nitriles is 1. The molecule has 0 atom stereocenters. The maximum Gasteiger partial charge on any atom is 0.150 e. The molecule has 0 aromatic heterocycles. The topological polar surface area (TPSA) is 57.9 Å². The van der Waals surface area contributed by atoms with Gasteiger partial charge in [-0.25, -0.2) is 8.42 Å². The predicted octanol–water partition coefficient (Wildman–Crippen LogP) is 1.36. The molecule has 0 aliphatic carbocycles. The lowest BCUT2D eigenvalue weighted by Crippen LogP contribution is -2.36. The Morgan fingerprint density at radius 3 is 2.08 bits per heavy atom. The fraction of sp³-hybridized carbons (Fsp3) is 0.889. The van der Waals surface area contributed by atoms with Gasteiger partial charge in [-0.05, 0) is 18.8 Å². The van der Waals surface area contributed by atoms with Crippen molar-refractivity contribution in [2.75, 3.05) is 11.5 Å². The monoisotopic (exact) mass is 201 g/mol. The fourth-order valence-electron chi connectivity index (χ4n) is 1.72. The molecule has 1 saturated heterocycles. The molecular weight excluding hydrogens is 186 g/mol. The standard InChI is InChI=1S/C9H15NO2S/c1-8(2)9(7-10)3-5-13(11,12)6-4-9/h8H,3-6H2,1-2H3. The average molecular weight is 201 g/mol. The van der Waals surface area contributed by atoms with Crippen molar-refractivity contribution < 1.29 is 8.42 Å². The zero-order chi connectivity index (χ0) is 10.1. The van der Waals surface area contributed by atoms with Gasteiger partial charge in [0.15, 0.2) is 0 Å². The highest BCUT2D eigenvalue weighted by atomic mass is 32.2. The van der Waals surface area contributed by atoms with E-state index in [0.29, 0.717) is 12.8 Å². The lowest BCUT2D eigenvalue weighted by molar-refractivity contribution is 0.250. The lowest BCUT2D eigenvalue weighted by atomic mass is 9.74. The van der Waals surface area contributed by atoms with E-state index in [0.717, 1.165) is 0 Å². The zero-order valence-electron chi connectivity index (χ0n) is 8.08. The van der Waals surface area contributed by atoms with Crippen molar-refractivity contribution in [2.24, 2.45) is 11.3 Å². The third-order valence-electron chi connectivity index (χ3n) is 3.05. The molecule has 1 aliphatic rings. The minimum atomic E-state index is -2.85. The zero-order valence-corrected chi connectivity index (χ0v) is 8.89. The van der Waals surface area contributed by atoms with Crippen molar-refractivity contribution >= 4 is 9.84 Å². The lowest BCUT2D eigenvalue weighted by Gasteiger charge is -2.33. The first-order valence-electron chi connectivity index (χ1n) is 4.53. The maximum atomic E-state index is 11.2. The predicted molar refractivity (Wildman–Crippen MR) is 50.8 cm³/mol. The first-order valence-corrected chi connectivity index (χ1v) is 6.36. The molecule has 0 spiro atoms. The Kier molecular flexibility index (Phi) is 2.67. The van der Waals surface area contributed by atoms with Gasteiger partial charge in [0.05, 0.1) is 23.0 Å². The van der Waals surface area contributed by atoms with Gasteiger partial charge >= 0.3 is 0 Å². The van der Waals surface area contributed by atoms with Gasteiger partial charge in [-0.2, -0.15) is 5.26 Å². The van der Waals surface area contributed by atoms with E-state index in [-0.39, 0.29) is 17.4 Å². The molecule has 0 aromatic rings. The van der Waals surface area contributed by atoms with Crippen molar-refractivity contribution in [2.45, 2.75) is 26.7 Å². The summed E-state index contributed by atoms with van der Waals surface area (Å²) < 4.78 is 22.3. The minimum absolute atomic E-state index is 0.179. The molecule has 1 aliphatic heterocycles. The van der Waals surface area contributed by atoms with Gasteiger partial charge in [0.2, 0.25) is 0 Å². The summed E-state index contributed by atoms with van der Waals surface area (Å²) >= 11 is 0. The summed E-state index contributed by atoms with van der Waals surface area (Å²) in [7, 11) is -2.85. The molecule has 1 fully saturated rings. The Morgan fingerprint density at radius 2 is 1.77 bits per heavy atom.